The average Bonchev–Trinajstić information content (AvgIpc) is 2.63. The first-order valence-corrected chi connectivity index (χ1v) is 6.09. The molecule has 0 fully saturated rings. The van der Waals surface area contributed by atoms with Crippen molar-refractivity contribution in [1.82, 2.24) is 0 Å². The Bertz CT molecular complexity index is 526. The minimum absolute atomic E-state index is 0.441. The Kier molecular flexibility index (Phi) is 3.02. The van der Waals surface area contributed by atoms with Crippen molar-refractivity contribution in [2.24, 2.45) is 5.73 Å². The van der Waals surface area contributed by atoms with E-state index in [1.165, 1.54) is 12.1 Å². The summed E-state index contributed by atoms with van der Waals surface area (Å²) < 4.78 is 26.4. The zero-order valence-corrected chi connectivity index (χ0v) is 10.4. The molecule has 0 saturated heterocycles. The SMILES string of the molecule is Cc1sccc1C(C)(N)c1cc(F)cc(F)c1. The Balaban J connectivity index is 2.55. The molecule has 1 nitrogen and oxygen atoms in total. The number of rotatable bonds is 2. The van der Waals surface area contributed by atoms with Crippen molar-refractivity contribution >= 4 is 11.3 Å². The number of thiophene rings is 1. The molecule has 0 aliphatic rings. The van der Waals surface area contributed by atoms with Crippen LogP contribution in [0.25, 0.3) is 0 Å². The molecule has 2 rings (SSSR count). The van der Waals surface area contributed by atoms with Gasteiger partial charge in [0.25, 0.3) is 0 Å². The third-order valence-electron chi connectivity index (χ3n) is 2.88. The van der Waals surface area contributed by atoms with Gasteiger partial charge in [-0.05, 0) is 48.6 Å². The van der Waals surface area contributed by atoms with E-state index in [0.29, 0.717) is 5.56 Å². The summed E-state index contributed by atoms with van der Waals surface area (Å²) in [6.07, 6.45) is 0. The van der Waals surface area contributed by atoms with Gasteiger partial charge in [0, 0.05) is 10.9 Å². The predicted molar refractivity (Wildman–Crippen MR) is 66.1 cm³/mol. The van der Waals surface area contributed by atoms with E-state index in [0.717, 1.165) is 16.5 Å². The van der Waals surface area contributed by atoms with Gasteiger partial charge in [-0.3, -0.25) is 0 Å². The second-order valence-electron chi connectivity index (χ2n) is 4.25. The monoisotopic (exact) mass is 253 g/mol. The van der Waals surface area contributed by atoms with Gasteiger partial charge in [-0.2, -0.15) is 0 Å². The van der Waals surface area contributed by atoms with Gasteiger partial charge in [0.1, 0.15) is 11.6 Å². The van der Waals surface area contributed by atoms with Crippen LogP contribution >= 0.6 is 11.3 Å². The third kappa shape index (κ3) is 2.23. The first-order chi connectivity index (χ1) is 7.91. The highest BCUT2D eigenvalue weighted by Crippen LogP contribution is 2.32. The minimum Gasteiger partial charge on any atom is -0.318 e. The van der Waals surface area contributed by atoms with E-state index in [4.69, 9.17) is 5.73 Å². The molecule has 0 radical (unpaired) electrons. The van der Waals surface area contributed by atoms with E-state index < -0.39 is 17.2 Å². The van der Waals surface area contributed by atoms with Crippen molar-refractivity contribution in [3.63, 3.8) is 0 Å². The van der Waals surface area contributed by atoms with Crippen LogP contribution in [0, 0.1) is 18.6 Å². The molecule has 2 N–H and O–H groups in total. The maximum absolute atomic E-state index is 13.2. The van der Waals surface area contributed by atoms with Crippen LogP contribution in [0.4, 0.5) is 8.78 Å². The van der Waals surface area contributed by atoms with Crippen LogP contribution in [0.1, 0.15) is 22.9 Å². The lowest BCUT2D eigenvalue weighted by Gasteiger charge is -2.25. The number of benzene rings is 1. The summed E-state index contributed by atoms with van der Waals surface area (Å²) in [5, 5.41) is 1.92. The van der Waals surface area contributed by atoms with Crippen LogP contribution in [-0.4, -0.2) is 0 Å². The van der Waals surface area contributed by atoms with Crippen LogP contribution in [0.5, 0.6) is 0 Å². The number of aryl methyl sites for hydroxylation is 1. The van der Waals surface area contributed by atoms with Crippen LogP contribution in [-0.2, 0) is 5.54 Å². The highest BCUT2D eigenvalue weighted by Gasteiger charge is 2.27. The molecular weight excluding hydrogens is 240 g/mol. The Labute approximate surface area is 103 Å². The lowest BCUT2D eigenvalue weighted by Crippen LogP contribution is -2.34. The van der Waals surface area contributed by atoms with Gasteiger partial charge in [-0.25, -0.2) is 8.78 Å². The molecular formula is C13H13F2NS. The molecule has 0 bridgehead atoms. The molecule has 1 aromatic heterocycles. The van der Waals surface area contributed by atoms with Gasteiger partial charge in [0.05, 0.1) is 5.54 Å². The summed E-state index contributed by atoms with van der Waals surface area (Å²) in [7, 11) is 0. The number of halogens is 2. The van der Waals surface area contributed by atoms with Crippen molar-refractivity contribution in [2.75, 3.05) is 0 Å². The Morgan fingerprint density at radius 2 is 1.76 bits per heavy atom. The summed E-state index contributed by atoms with van der Waals surface area (Å²) in [6.45, 7) is 3.71. The molecule has 17 heavy (non-hydrogen) atoms. The molecule has 0 spiro atoms. The largest absolute Gasteiger partial charge is 0.318 e. The third-order valence-corrected chi connectivity index (χ3v) is 3.73. The number of hydrogen-bond donors (Lipinski definition) is 1. The lowest BCUT2D eigenvalue weighted by atomic mass is 9.86. The zero-order valence-electron chi connectivity index (χ0n) is 9.63. The molecule has 1 atom stereocenters. The molecule has 4 heteroatoms. The summed E-state index contributed by atoms with van der Waals surface area (Å²) in [5.74, 6) is -1.21. The van der Waals surface area contributed by atoms with Crippen molar-refractivity contribution in [1.29, 1.82) is 0 Å². The Morgan fingerprint density at radius 3 is 2.24 bits per heavy atom. The Hall–Kier alpha value is -1.26. The van der Waals surface area contributed by atoms with Gasteiger partial charge >= 0.3 is 0 Å². The fraction of sp³-hybridized carbons (Fsp3) is 0.231. The summed E-state index contributed by atoms with van der Waals surface area (Å²) >= 11 is 1.57. The number of nitrogens with two attached hydrogens (primary N) is 1. The summed E-state index contributed by atoms with van der Waals surface area (Å²) in [6, 6.07) is 5.29. The molecule has 90 valence electrons. The summed E-state index contributed by atoms with van der Waals surface area (Å²) in [5.41, 5.74) is 6.67. The van der Waals surface area contributed by atoms with E-state index in [1.54, 1.807) is 18.3 Å². The normalized spacial score (nSPS) is 14.6. The average molecular weight is 253 g/mol. The lowest BCUT2D eigenvalue weighted by molar-refractivity contribution is 0.550. The topological polar surface area (TPSA) is 26.0 Å². The van der Waals surface area contributed by atoms with Crippen LogP contribution in [0.3, 0.4) is 0 Å². The fourth-order valence-electron chi connectivity index (χ4n) is 1.93. The van der Waals surface area contributed by atoms with Gasteiger partial charge in [-0.15, -0.1) is 11.3 Å². The molecule has 0 aliphatic heterocycles. The maximum atomic E-state index is 13.2. The van der Waals surface area contributed by atoms with E-state index in [-0.39, 0.29) is 0 Å². The molecule has 0 amide bonds. The standard InChI is InChI=1S/C13H13F2NS/c1-8-12(3-4-17-8)13(2,16)9-5-10(14)7-11(15)6-9/h3-7H,16H2,1-2H3. The van der Waals surface area contributed by atoms with Crippen LogP contribution in [0.2, 0.25) is 0 Å². The van der Waals surface area contributed by atoms with Gasteiger partial charge in [0.2, 0.25) is 0 Å². The van der Waals surface area contributed by atoms with E-state index in [9.17, 15) is 8.78 Å². The van der Waals surface area contributed by atoms with Crippen LogP contribution in [0.15, 0.2) is 29.6 Å². The predicted octanol–water partition coefficient (Wildman–Crippen LogP) is 3.56. The van der Waals surface area contributed by atoms with Gasteiger partial charge in [0.15, 0.2) is 0 Å². The van der Waals surface area contributed by atoms with Crippen molar-refractivity contribution in [3.8, 4) is 0 Å². The molecule has 0 saturated carbocycles. The molecule has 1 heterocycles. The van der Waals surface area contributed by atoms with Gasteiger partial charge < -0.3 is 5.73 Å². The highest BCUT2D eigenvalue weighted by molar-refractivity contribution is 7.10. The second kappa shape index (κ2) is 4.20. The molecule has 2 aromatic rings. The van der Waals surface area contributed by atoms with Crippen LogP contribution < -0.4 is 5.73 Å². The first kappa shape index (κ1) is 12.2. The van der Waals surface area contributed by atoms with Crippen molar-refractivity contribution < 1.29 is 8.78 Å². The quantitative estimate of drug-likeness (QED) is 0.870. The summed E-state index contributed by atoms with van der Waals surface area (Å²) in [4.78, 5) is 1.06. The van der Waals surface area contributed by atoms with E-state index in [2.05, 4.69) is 0 Å². The number of hydrogen-bond acceptors (Lipinski definition) is 2. The van der Waals surface area contributed by atoms with E-state index >= 15 is 0 Å². The first-order valence-electron chi connectivity index (χ1n) is 5.21. The molecule has 0 aliphatic carbocycles. The van der Waals surface area contributed by atoms with Gasteiger partial charge in [-0.1, -0.05) is 0 Å². The molecule has 1 aromatic carbocycles. The minimum atomic E-state index is -0.882. The Morgan fingerprint density at radius 1 is 1.18 bits per heavy atom. The highest BCUT2D eigenvalue weighted by atomic mass is 32.1. The zero-order chi connectivity index (χ0) is 12.6. The molecule has 1 unspecified atom stereocenters. The smallest absolute Gasteiger partial charge is 0.126 e. The maximum Gasteiger partial charge on any atom is 0.126 e. The van der Waals surface area contributed by atoms with Crippen molar-refractivity contribution in [3.05, 3.63) is 57.3 Å². The van der Waals surface area contributed by atoms with E-state index in [1.807, 2.05) is 18.4 Å². The second-order valence-corrected chi connectivity index (χ2v) is 5.37. The fourth-order valence-corrected chi connectivity index (χ4v) is 2.75. The van der Waals surface area contributed by atoms with Crippen molar-refractivity contribution in [2.45, 2.75) is 19.4 Å².